The van der Waals surface area contributed by atoms with E-state index in [1.165, 1.54) is 11.0 Å². The van der Waals surface area contributed by atoms with E-state index in [9.17, 15) is 18.4 Å². The van der Waals surface area contributed by atoms with Crippen LogP contribution in [-0.4, -0.2) is 53.0 Å². The van der Waals surface area contributed by atoms with E-state index in [0.29, 0.717) is 18.2 Å². The number of nitrogens with zero attached hydrogens (tertiary/aromatic N) is 4. The van der Waals surface area contributed by atoms with E-state index < -0.39 is 23.9 Å². The van der Waals surface area contributed by atoms with E-state index in [2.05, 4.69) is 25.5 Å². The van der Waals surface area contributed by atoms with Crippen molar-refractivity contribution in [3.8, 4) is 0 Å². The number of halogens is 2. The third-order valence-corrected chi connectivity index (χ3v) is 5.43. The summed E-state index contributed by atoms with van der Waals surface area (Å²) >= 11 is 0. The number of rotatable bonds is 3. The van der Waals surface area contributed by atoms with Crippen molar-refractivity contribution in [2.75, 3.05) is 28.2 Å². The number of alkyl halides is 2. The summed E-state index contributed by atoms with van der Waals surface area (Å²) in [6, 6.07) is 6.76. The molecule has 2 bridgehead atoms. The van der Waals surface area contributed by atoms with Crippen molar-refractivity contribution < 1.29 is 18.4 Å². The molecule has 1 saturated heterocycles. The first-order valence-electron chi connectivity index (χ1n) is 9.38. The van der Waals surface area contributed by atoms with Gasteiger partial charge < -0.3 is 10.2 Å². The number of nitrogens with one attached hydrogen (secondary N) is 2. The molecule has 1 saturated carbocycles. The van der Waals surface area contributed by atoms with Gasteiger partial charge in [-0.05, 0) is 30.7 Å². The van der Waals surface area contributed by atoms with Gasteiger partial charge in [-0.25, -0.2) is 23.5 Å². The Bertz CT molecular complexity index is 986. The minimum absolute atomic E-state index is 0.00425. The van der Waals surface area contributed by atoms with Crippen molar-refractivity contribution in [2.24, 2.45) is 0 Å². The molecule has 2 unspecified atom stereocenters. The molecule has 10 heteroatoms. The Hall–Kier alpha value is -3.30. The van der Waals surface area contributed by atoms with Crippen molar-refractivity contribution in [1.29, 1.82) is 0 Å². The maximum Gasteiger partial charge on any atom is 0.329 e. The maximum absolute atomic E-state index is 13.1. The van der Waals surface area contributed by atoms with E-state index in [4.69, 9.17) is 0 Å². The summed E-state index contributed by atoms with van der Waals surface area (Å²) in [6.45, 7) is 1.44. The second-order valence-corrected chi connectivity index (χ2v) is 7.43. The van der Waals surface area contributed by atoms with Crippen LogP contribution in [0.3, 0.4) is 0 Å². The molecule has 8 nitrogen and oxygen atoms in total. The maximum atomic E-state index is 13.1. The average Bonchev–Trinajstić information content (AvgIpc) is 3.09. The number of anilines is 3. The molecule has 4 heterocycles. The first-order valence-corrected chi connectivity index (χ1v) is 9.38. The molecule has 3 aliphatic rings. The van der Waals surface area contributed by atoms with E-state index in [1.807, 2.05) is 0 Å². The van der Waals surface area contributed by atoms with Crippen LogP contribution in [0.4, 0.5) is 30.9 Å². The molecule has 5 rings (SSSR count). The molecule has 2 aromatic rings. The number of hydrogen-bond donors (Lipinski definition) is 2. The fourth-order valence-corrected chi connectivity index (χ4v) is 3.81. The van der Waals surface area contributed by atoms with E-state index >= 15 is 0 Å². The highest BCUT2D eigenvalue weighted by molar-refractivity contribution is 6.05. The molecular weight excluding hydrogens is 382 g/mol. The lowest BCUT2D eigenvalue weighted by Crippen LogP contribution is -2.48. The average molecular weight is 400 g/mol. The summed E-state index contributed by atoms with van der Waals surface area (Å²) in [4.78, 5) is 37.5. The fraction of sp³-hybridized carbons (Fsp3) is 0.368. The first-order chi connectivity index (χ1) is 13.9. The predicted octanol–water partition coefficient (Wildman–Crippen LogP) is 2.24. The summed E-state index contributed by atoms with van der Waals surface area (Å²) in [5.74, 6) is -2.77. The Labute approximate surface area is 164 Å². The number of hydrogen-bond acceptors (Lipinski definition) is 5. The van der Waals surface area contributed by atoms with Gasteiger partial charge in [0.1, 0.15) is 11.5 Å². The molecule has 29 heavy (non-hydrogen) atoms. The van der Waals surface area contributed by atoms with Crippen LogP contribution >= 0.6 is 0 Å². The highest BCUT2D eigenvalue weighted by Crippen LogP contribution is 2.42. The molecule has 0 radical (unpaired) electrons. The van der Waals surface area contributed by atoms with Crippen LogP contribution in [0.25, 0.3) is 0 Å². The summed E-state index contributed by atoms with van der Waals surface area (Å²) in [5.41, 5.74) is 0.743. The van der Waals surface area contributed by atoms with Gasteiger partial charge >= 0.3 is 6.03 Å². The van der Waals surface area contributed by atoms with Crippen LogP contribution in [0.1, 0.15) is 23.3 Å². The highest BCUT2D eigenvalue weighted by Gasteiger charge is 2.58. The van der Waals surface area contributed by atoms with Crippen LogP contribution < -0.4 is 20.4 Å². The van der Waals surface area contributed by atoms with Gasteiger partial charge in [-0.3, -0.25) is 15.0 Å². The monoisotopic (exact) mass is 400 g/mol. The van der Waals surface area contributed by atoms with Gasteiger partial charge in [0.2, 0.25) is 0 Å². The summed E-state index contributed by atoms with van der Waals surface area (Å²) in [5, 5.41) is 5.05. The third kappa shape index (κ3) is 3.14. The molecule has 1 aliphatic carbocycles. The molecule has 2 N–H and O–H groups in total. The van der Waals surface area contributed by atoms with Gasteiger partial charge in [-0.1, -0.05) is 6.07 Å². The van der Waals surface area contributed by atoms with Crippen LogP contribution in [0.5, 0.6) is 0 Å². The molecule has 2 atom stereocenters. The Balaban J connectivity index is 1.44. The topological polar surface area (TPSA) is 90.5 Å². The van der Waals surface area contributed by atoms with Crippen LogP contribution in [0, 0.1) is 0 Å². The quantitative estimate of drug-likeness (QED) is 0.825. The fourth-order valence-electron chi connectivity index (χ4n) is 3.81. The number of urea groups is 1. The standard InChI is InChI=1S/C19H18F2N6O2/c20-19(21)9-14(19)24-17(28)12-4-5-13-16(23-12)27(11-6-8-26(13)10-11)18(29)25-15-3-1-2-7-22-15/h1-5,7,11,14H,6,8-10H2,(H,24,28)(H,22,25,29). The van der Waals surface area contributed by atoms with Crippen molar-refractivity contribution >= 4 is 29.3 Å². The molecule has 3 amide bonds. The van der Waals surface area contributed by atoms with Crippen LogP contribution in [0.15, 0.2) is 36.5 Å². The lowest BCUT2D eigenvalue weighted by atomic mass is 10.1. The van der Waals surface area contributed by atoms with Crippen molar-refractivity contribution in [3.05, 3.63) is 42.2 Å². The highest BCUT2D eigenvalue weighted by atomic mass is 19.3. The van der Waals surface area contributed by atoms with Gasteiger partial charge in [0.15, 0.2) is 5.82 Å². The Kier molecular flexibility index (Phi) is 3.90. The summed E-state index contributed by atoms with van der Waals surface area (Å²) < 4.78 is 26.2. The van der Waals surface area contributed by atoms with Gasteiger partial charge in [0.25, 0.3) is 11.8 Å². The molecule has 2 aromatic heterocycles. The number of fused-ring (bicyclic) bond motifs is 4. The van der Waals surface area contributed by atoms with Crippen molar-refractivity contribution in [1.82, 2.24) is 15.3 Å². The lowest BCUT2D eigenvalue weighted by Gasteiger charge is -2.35. The van der Waals surface area contributed by atoms with E-state index in [-0.39, 0.29) is 18.2 Å². The Morgan fingerprint density at radius 1 is 1.21 bits per heavy atom. The third-order valence-electron chi connectivity index (χ3n) is 5.43. The lowest BCUT2D eigenvalue weighted by molar-refractivity contribution is 0.0845. The number of carbonyl (C=O) groups is 2. The van der Waals surface area contributed by atoms with Crippen molar-refractivity contribution in [2.45, 2.75) is 30.8 Å². The number of pyridine rings is 2. The number of amides is 3. The van der Waals surface area contributed by atoms with Gasteiger partial charge in [-0.15, -0.1) is 0 Å². The van der Waals surface area contributed by atoms with E-state index in [1.54, 1.807) is 30.5 Å². The van der Waals surface area contributed by atoms with Gasteiger partial charge in [-0.2, -0.15) is 0 Å². The zero-order valence-electron chi connectivity index (χ0n) is 15.3. The molecule has 0 spiro atoms. The zero-order valence-corrected chi connectivity index (χ0v) is 15.3. The second kappa shape index (κ2) is 6.36. The SMILES string of the molecule is O=C(NC1CC1(F)F)c1ccc2c(n1)N(C(=O)Nc1ccccn1)C1CCN2C1. The largest absolute Gasteiger partial charge is 0.366 e. The Morgan fingerprint density at radius 2 is 2.03 bits per heavy atom. The smallest absolute Gasteiger partial charge is 0.329 e. The molecular formula is C19H18F2N6O2. The van der Waals surface area contributed by atoms with Gasteiger partial charge in [0.05, 0.1) is 17.8 Å². The van der Waals surface area contributed by atoms with E-state index in [0.717, 1.165) is 18.7 Å². The molecule has 2 aliphatic heterocycles. The van der Waals surface area contributed by atoms with Gasteiger partial charge in [0, 0.05) is 25.7 Å². The molecule has 0 aromatic carbocycles. The molecule has 2 fully saturated rings. The van der Waals surface area contributed by atoms with Crippen molar-refractivity contribution in [3.63, 3.8) is 0 Å². The first kappa shape index (κ1) is 17.8. The second-order valence-electron chi connectivity index (χ2n) is 7.43. The predicted molar refractivity (Wildman–Crippen MR) is 101 cm³/mol. The minimum atomic E-state index is -2.86. The molecule has 150 valence electrons. The normalized spacial score (nSPS) is 23.4. The Morgan fingerprint density at radius 3 is 2.76 bits per heavy atom. The minimum Gasteiger partial charge on any atom is -0.366 e. The van der Waals surface area contributed by atoms with Crippen LogP contribution in [-0.2, 0) is 0 Å². The zero-order chi connectivity index (χ0) is 20.2. The summed E-state index contributed by atoms with van der Waals surface area (Å²) in [7, 11) is 0. The number of carbonyl (C=O) groups excluding carboxylic acids is 2. The summed E-state index contributed by atoms with van der Waals surface area (Å²) in [6.07, 6.45) is 1.98. The number of aromatic nitrogens is 2. The van der Waals surface area contributed by atoms with Crippen LogP contribution in [0.2, 0.25) is 0 Å².